The highest BCUT2D eigenvalue weighted by atomic mass is 32.2. The molecule has 11 heavy (non-hydrogen) atoms. The number of hydrogen-bond acceptors (Lipinski definition) is 2. The second-order valence-electron chi connectivity index (χ2n) is 2.36. The molecule has 0 heterocycles. The first-order valence-electron chi connectivity index (χ1n) is 3.34. The smallest absolute Gasteiger partial charge is 0.314 e. The van der Waals surface area contributed by atoms with Gasteiger partial charge in [-0.3, -0.25) is 4.21 Å². The first-order chi connectivity index (χ1) is 5.06. The third kappa shape index (κ3) is 5.84. The summed E-state index contributed by atoms with van der Waals surface area (Å²) in [7, 11) is 0.690. The predicted molar refractivity (Wildman–Crippen MR) is 46.0 cm³/mol. The number of nitrogens with one attached hydrogen (secondary N) is 2. The van der Waals surface area contributed by atoms with E-state index in [9.17, 15) is 9.00 Å². The molecule has 0 rings (SSSR count). The predicted octanol–water partition coefficient (Wildman–Crippen LogP) is -0.318. The fourth-order valence-corrected chi connectivity index (χ4v) is 1.48. The number of rotatable bonds is 3. The van der Waals surface area contributed by atoms with Crippen molar-refractivity contribution in [2.45, 2.75) is 13.0 Å². The lowest BCUT2D eigenvalue weighted by Gasteiger charge is -2.10. The third-order valence-corrected chi connectivity index (χ3v) is 2.06. The van der Waals surface area contributed by atoms with E-state index in [-0.39, 0.29) is 12.1 Å². The van der Waals surface area contributed by atoms with E-state index in [1.54, 1.807) is 13.3 Å². The lowest BCUT2D eigenvalue weighted by molar-refractivity contribution is 0.241. The Morgan fingerprint density at radius 1 is 1.64 bits per heavy atom. The molecule has 2 unspecified atom stereocenters. The summed E-state index contributed by atoms with van der Waals surface area (Å²) in [6.07, 6.45) is 1.61. The largest absolute Gasteiger partial charge is 0.341 e. The molecule has 0 radical (unpaired) electrons. The van der Waals surface area contributed by atoms with Crippen LogP contribution in [0.2, 0.25) is 0 Å². The third-order valence-electron chi connectivity index (χ3n) is 1.09. The van der Waals surface area contributed by atoms with Crippen molar-refractivity contribution in [2.75, 3.05) is 19.1 Å². The monoisotopic (exact) mass is 178 g/mol. The highest BCUT2D eigenvalue weighted by Crippen LogP contribution is 1.84. The number of urea groups is 1. The molecule has 0 aliphatic carbocycles. The second kappa shape index (κ2) is 5.12. The van der Waals surface area contributed by atoms with Gasteiger partial charge in [-0.1, -0.05) is 0 Å². The van der Waals surface area contributed by atoms with Gasteiger partial charge >= 0.3 is 6.03 Å². The first kappa shape index (κ1) is 10.4. The van der Waals surface area contributed by atoms with Crippen molar-refractivity contribution in [1.29, 1.82) is 0 Å². The fraction of sp³-hybridized carbons (Fsp3) is 0.833. The Balaban J connectivity index is 3.60. The van der Waals surface area contributed by atoms with Gasteiger partial charge in [-0.15, -0.1) is 0 Å². The van der Waals surface area contributed by atoms with Crippen molar-refractivity contribution >= 4 is 16.8 Å². The van der Waals surface area contributed by atoms with E-state index in [1.807, 2.05) is 6.92 Å². The maximum absolute atomic E-state index is 10.7. The summed E-state index contributed by atoms with van der Waals surface area (Å²) in [5, 5.41) is 5.04. The number of carbonyl (C=O) groups is 1. The van der Waals surface area contributed by atoms with Crippen LogP contribution in [0.15, 0.2) is 0 Å². The first-order valence-corrected chi connectivity index (χ1v) is 5.07. The van der Waals surface area contributed by atoms with Crippen molar-refractivity contribution in [2.24, 2.45) is 0 Å². The maximum Gasteiger partial charge on any atom is 0.314 e. The summed E-state index contributed by atoms with van der Waals surface area (Å²) in [6, 6.07) is -0.274. The van der Waals surface area contributed by atoms with Crippen LogP contribution in [-0.2, 0) is 10.8 Å². The van der Waals surface area contributed by atoms with Crippen LogP contribution in [0.1, 0.15) is 6.92 Å². The average molecular weight is 178 g/mol. The fourth-order valence-electron chi connectivity index (χ4n) is 0.690. The molecule has 5 heteroatoms. The van der Waals surface area contributed by atoms with Crippen LogP contribution in [0, 0.1) is 0 Å². The van der Waals surface area contributed by atoms with Crippen LogP contribution in [0.4, 0.5) is 4.79 Å². The second-order valence-corrected chi connectivity index (χ2v) is 3.84. The van der Waals surface area contributed by atoms with Crippen LogP contribution >= 0.6 is 0 Å². The van der Waals surface area contributed by atoms with E-state index in [4.69, 9.17) is 0 Å². The standard InChI is InChI=1S/C6H14N2O2S/c1-5(4-11(3)10)8-6(9)7-2/h5H,4H2,1-3H3,(H2,7,8,9). The summed E-state index contributed by atoms with van der Waals surface area (Å²) in [5.74, 6) is 0.493. The maximum atomic E-state index is 10.7. The molecular weight excluding hydrogens is 164 g/mol. The Hall–Kier alpha value is -0.580. The van der Waals surface area contributed by atoms with E-state index in [0.717, 1.165) is 0 Å². The minimum atomic E-state index is -0.857. The number of hydrogen-bond donors (Lipinski definition) is 2. The van der Waals surface area contributed by atoms with Crippen LogP contribution in [0.25, 0.3) is 0 Å². The van der Waals surface area contributed by atoms with E-state index < -0.39 is 10.8 Å². The zero-order valence-electron chi connectivity index (χ0n) is 7.01. The molecule has 2 N–H and O–H groups in total. The highest BCUT2D eigenvalue weighted by Gasteiger charge is 2.05. The van der Waals surface area contributed by atoms with Crippen LogP contribution in [0.3, 0.4) is 0 Å². The highest BCUT2D eigenvalue weighted by molar-refractivity contribution is 7.84. The molecule has 0 saturated heterocycles. The molecule has 0 aliphatic heterocycles. The summed E-state index contributed by atoms with van der Waals surface area (Å²) in [4.78, 5) is 10.7. The zero-order valence-corrected chi connectivity index (χ0v) is 7.83. The van der Waals surface area contributed by atoms with Gasteiger partial charge in [0.25, 0.3) is 0 Å². The molecule has 66 valence electrons. The SMILES string of the molecule is CNC(=O)NC(C)CS(C)=O. The molecule has 0 spiro atoms. The van der Waals surface area contributed by atoms with Crippen molar-refractivity contribution in [3.63, 3.8) is 0 Å². The Morgan fingerprint density at radius 2 is 2.18 bits per heavy atom. The summed E-state index contributed by atoms with van der Waals surface area (Å²) >= 11 is 0. The average Bonchev–Trinajstić information content (AvgIpc) is 1.85. The van der Waals surface area contributed by atoms with Gasteiger partial charge < -0.3 is 10.6 Å². The molecule has 0 saturated carbocycles. The molecule has 4 nitrogen and oxygen atoms in total. The molecule has 0 aliphatic rings. The Kier molecular flexibility index (Phi) is 4.85. The van der Waals surface area contributed by atoms with Gasteiger partial charge in [0.05, 0.1) is 0 Å². The van der Waals surface area contributed by atoms with Gasteiger partial charge in [0, 0.05) is 35.9 Å². The molecule has 2 amide bonds. The Morgan fingerprint density at radius 3 is 2.55 bits per heavy atom. The number of amides is 2. The topological polar surface area (TPSA) is 58.2 Å². The molecule has 2 atom stereocenters. The molecule has 0 bridgehead atoms. The zero-order chi connectivity index (χ0) is 8.85. The normalized spacial score (nSPS) is 15.2. The van der Waals surface area contributed by atoms with Gasteiger partial charge in [-0.05, 0) is 6.92 Å². The minimum absolute atomic E-state index is 0.0409. The summed E-state index contributed by atoms with van der Waals surface area (Å²) in [5.41, 5.74) is 0. The molecule has 0 aromatic carbocycles. The Labute approximate surface area is 69.2 Å². The van der Waals surface area contributed by atoms with Gasteiger partial charge in [0.1, 0.15) is 0 Å². The van der Waals surface area contributed by atoms with E-state index in [2.05, 4.69) is 10.6 Å². The van der Waals surface area contributed by atoms with Gasteiger partial charge in [-0.25, -0.2) is 4.79 Å². The molecule has 0 fully saturated rings. The summed E-state index contributed by atoms with van der Waals surface area (Å²) in [6.45, 7) is 1.82. The van der Waals surface area contributed by atoms with Crippen molar-refractivity contribution in [3.8, 4) is 0 Å². The van der Waals surface area contributed by atoms with Crippen LogP contribution < -0.4 is 10.6 Å². The molecular formula is C6H14N2O2S. The van der Waals surface area contributed by atoms with Crippen molar-refractivity contribution in [1.82, 2.24) is 10.6 Å². The van der Waals surface area contributed by atoms with Gasteiger partial charge in [0.15, 0.2) is 0 Å². The van der Waals surface area contributed by atoms with E-state index in [1.165, 1.54) is 0 Å². The lowest BCUT2D eigenvalue weighted by Crippen LogP contribution is -2.41. The molecule has 0 aromatic rings. The number of carbonyl (C=O) groups excluding carboxylic acids is 1. The summed E-state index contributed by atoms with van der Waals surface area (Å²) < 4.78 is 10.7. The Bertz CT molecular complexity index is 161. The van der Waals surface area contributed by atoms with Gasteiger partial charge in [0.2, 0.25) is 0 Å². The van der Waals surface area contributed by atoms with Crippen molar-refractivity contribution < 1.29 is 9.00 Å². The molecule has 0 aromatic heterocycles. The van der Waals surface area contributed by atoms with E-state index in [0.29, 0.717) is 5.75 Å². The van der Waals surface area contributed by atoms with Gasteiger partial charge in [-0.2, -0.15) is 0 Å². The van der Waals surface area contributed by atoms with Crippen LogP contribution in [0.5, 0.6) is 0 Å². The van der Waals surface area contributed by atoms with E-state index >= 15 is 0 Å². The quantitative estimate of drug-likeness (QED) is 0.622. The minimum Gasteiger partial charge on any atom is -0.341 e. The van der Waals surface area contributed by atoms with Crippen molar-refractivity contribution in [3.05, 3.63) is 0 Å². The van der Waals surface area contributed by atoms with Crippen LogP contribution in [-0.4, -0.2) is 35.3 Å². The lowest BCUT2D eigenvalue weighted by atomic mass is 10.4.